The third-order valence-electron chi connectivity index (χ3n) is 3.38. The van der Waals surface area contributed by atoms with Gasteiger partial charge in [-0.2, -0.15) is 5.10 Å². The van der Waals surface area contributed by atoms with Crippen LogP contribution in [0, 0.1) is 0 Å². The van der Waals surface area contributed by atoms with Crippen LogP contribution in [0.3, 0.4) is 0 Å². The Labute approximate surface area is 141 Å². The van der Waals surface area contributed by atoms with Crippen LogP contribution in [-0.2, 0) is 13.6 Å². The van der Waals surface area contributed by atoms with Crippen molar-refractivity contribution < 1.29 is 0 Å². The van der Waals surface area contributed by atoms with Gasteiger partial charge in [-0.1, -0.05) is 17.7 Å². The summed E-state index contributed by atoms with van der Waals surface area (Å²) in [6, 6.07) is 7.62. The highest BCUT2D eigenvalue weighted by atomic mass is 35.5. The lowest BCUT2D eigenvalue weighted by Crippen LogP contribution is -2.01. The number of anilines is 1. The van der Waals surface area contributed by atoms with Gasteiger partial charge < -0.3 is 10.3 Å². The van der Waals surface area contributed by atoms with Crippen molar-refractivity contribution in [1.82, 2.24) is 24.7 Å². The highest BCUT2D eigenvalue weighted by Gasteiger charge is 2.09. The first kappa shape index (κ1) is 14.2. The number of imidazole rings is 1. The van der Waals surface area contributed by atoms with Gasteiger partial charge in [-0.25, -0.2) is 9.97 Å². The maximum Gasteiger partial charge on any atom is 0.201 e. The number of thiazole rings is 1. The Bertz CT molecular complexity index is 969. The molecule has 0 aliphatic rings. The minimum atomic E-state index is 0.584. The van der Waals surface area contributed by atoms with E-state index in [1.165, 1.54) is 0 Å². The lowest BCUT2D eigenvalue weighted by molar-refractivity contribution is 0.770. The van der Waals surface area contributed by atoms with Crippen molar-refractivity contribution in [3.05, 3.63) is 46.6 Å². The summed E-state index contributed by atoms with van der Waals surface area (Å²) >= 11 is 7.71. The van der Waals surface area contributed by atoms with Crippen molar-refractivity contribution in [3.8, 4) is 10.7 Å². The summed E-state index contributed by atoms with van der Waals surface area (Å²) < 4.78 is 1.77. The average molecular weight is 345 g/mol. The standard InChI is InChI=1S/C15H13ClN6S/c1-22-6-5-12(21-22)14-18-9(8-23-14)7-17-15-19-11-4-2-3-10(16)13(11)20-15/h2-6,8H,7H2,1H3,(H2,17,19,20). The van der Waals surface area contributed by atoms with Crippen LogP contribution in [-0.4, -0.2) is 24.7 Å². The number of nitrogens with zero attached hydrogens (tertiary/aromatic N) is 4. The van der Waals surface area contributed by atoms with E-state index in [1.54, 1.807) is 16.0 Å². The average Bonchev–Trinajstić information content (AvgIpc) is 3.23. The second-order valence-electron chi connectivity index (χ2n) is 5.09. The molecule has 0 spiro atoms. The van der Waals surface area contributed by atoms with Gasteiger partial charge in [-0.05, 0) is 18.2 Å². The van der Waals surface area contributed by atoms with Gasteiger partial charge in [0.1, 0.15) is 16.2 Å². The third-order valence-corrected chi connectivity index (χ3v) is 4.60. The number of H-pyrrole nitrogens is 1. The first-order valence-electron chi connectivity index (χ1n) is 7.01. The molecule has 8 heteroatoms. The molecule has 0 radical (unpaired) electrons. The molecule has 23 heavy (non-hydrogen) atoms. The van der Waals surface area contributed by atoms with E-state index in [-0.39, 0.29) is 0 Å². The van der Waals surface area contributed by atoms with Crippen molar-refractivity contribution in [2.24, 2.45) is 7.05 Å². The summed E-state index contributed by atoms with van der Waals surface area (Å²) in [4.78, 5) is 12.3. The van der Waals surface area contributed by atoms with Crippen LogP contribution in [0.1, 0.15) is 5.69 Å². The zero-order chi connectivity index (χ0) is 15.8. The zero-order valence-corrected chi connectivity index (χ0v) is 13.8. The molecule has 2 N–H and O–H groups in total. The van der Waals surface area contributed by atoms with Gasteiger partial charge >= 0.3 is 0 Å². The van der Waals surface area contributed by atoms with E-state index in [2.05, 4.69) is 25.4 Å². The molecule has 0 aliphatic heterocycles. The number of hydrogen-bond donors (Lipinski definition) is 2. The normalized spacial score (nSPS) is 11.2. The summed E-state index contributed by atoms with van der Waals surface area (Å²) in [5.74, 6) is 0.681. The van der Waals surface area contributed by atoms with Crippen LogP contribution in [0.25, 0.3) is 21.7 Å². The molecule has 6 nitrogen and oxygen atoms in total. The number of halogens is 1. The number of para-hydroxylation sites is 1. The number of nitrogens with one attached hydrogen (secondary N) is 2. The zero-order valence-electron chi connectivity index (χ0n) is 12.2. The van der Waals surface area contributed by atoms with Crippen LogP contribution in [0.2, 0.25) is 5.02 Å². The Hall–Kier alpha value is -2.38. The SMILES string of the molecule is Cn1ccc(-c2nc(CNc3nc4c(Cl)cccc4[nH]3)cs2)n1. The molecule has 0 fully saturated rings. The number of benzene rings is 1. The summed E-state index contributed by atoms with van der Waals surface area (Å²) in [5.41, 5.74) is 3.51. The second kappa shape index (κ2) is 5.68. The van der Waals surface area contributed by atoms with Gasteiger partial charge in [-0.3, -0.25) is 4.68 Å². The van der Waals surface area contributed by atoms with Crippen molar-refractivity contribution in [2.75, 3.05) is 5.32 Å². The smallest absolute Gasteiger partial charge is 0.201 e. The first-order valence-corrected chi connectivity index (χ1v) is 8.27. The van der Waals surface area contributed by atoms with Crippen LogP contribution in [0.15, 0.2) is 35.8 Å². The van der Waals surface area contributed by atoms with Crippen LogP contribution in [0.5, 0.6) is 0 Å². The molecular weight excluding hydrogens is 332 g/mol. The second-order valence-corrected chi connectivity index (χ2v) is 6.36. The number of rotatable bonds is 4. The van der Waals surface area contributed by atoms with Crippen LogP contribution < -0.4 is 5.32 Å². The van der Waals surface area contributed by atoms with Gasteiger partial charge in [0.15, 0.2) is 0 Å². The third kappa shape index (κ3) is 2.80. The lowest BCUT2D eigenvalue weighted by atomic mass is 10.3. The molecule has 1 aromatic carbocycles. The molecule has 3 heterocycles. The lowest BCUT2D eigenvalue weighted by Gasteiger charge is -1.98. The minimum absolute atomic E-state index is 0.584. The molecule has 0 saturated carbocycles. The predicted octanol–water partition coefficient (Wildman–Crippen LogP) is 3.69. The Kier molecular flexibility index (Phi) is 3.51. The van der Waals surface area contributed by atoms with Gasteiger partial charge in [0.05, 0.1) is 22.8 Å². The Morgan fingerprint density at radius 1 is 1.30 bits per heavy atom. The Balaban J connectivity index is 1.50. The number of aryl methyl sites for hydroxylation is 1. The summed E-state index contributed by atoms with van der Waals surface area (Å²) in [6.07, 6.45) is 1.91. The largest absolute Gasteiger partial charge is 0.350 e. The summed E-state index contributed by atoms with van der Waals surface area (Å²) in [5, 5.41) is 11.2. The van der Waals surface area contributed by atoms with Crippen molar-refractivity contribution in [2.45, 2.75) is 6.54 Å². The number of fused-ring (bicyclic) bond motifs is 1. The summed E-state index contributed by atoms with van der Waals surface area (Å²) in [6.45, 7) is 0.584. The molecule has 0 atom stereocenters. The van der Waals surface area contributed by atoms with Gasteiger partial charge in [0.2, 0.25) is 5.95 Å². The topological polar surface area (TPSA) is 71.4 Å². The molecular formula is C15H13ClN6S. The van der Waals surface area contributed by atoms with E-state index < -0.39 is 0 Å². The fourth-order valence-electron chi connectivity index (χ4n) is 2.29. The monoisotopic (exact) mass is 344 g/mol. The molecule has 0 amide bonds. The van der Waals surface area contributed by atoms with Gasteiger partial charge in [0, 0.05) is 18.6 Å². The minimum Gasteiger partial charge on any atom is -0.350 e. The van der Waals surface area contributed by atoms with Crippen LogP contribution in [0.4, 0.5) is 5.95 Å². The molecule has 3 aromatic heterocycles. The summed E-state index contributed by atoms with van der Waals surface area (Å²) in [7, 11) is 1.90. The number of aromatic amines is 1. The maximum absolute atomic E-state index is 6.13. The predicted molar refractivity (Wildman–Crippen MR) is 92.7 cm³/mol. The van der Waals surface area contributed by atoms with Crippen LogP contribution >= 0.6 is 22.9 Å². The molecule has 4 aromatic rings. The highest BCUT2D eigenvalue weighted by molar-refractivity contribution is 7.13. The molecule has 0 unspecified atom stereocenters. The van der Waals surface area contributed by atoms with Crippen molar-refractivity contribution >= 4 is 39.9 Å². The van der Waals surface area contributed by atoms with E-state index in [0.29, 0.717) is 17.5 Å². The van der Waals surface area contributed by atoms with E-state index in [4.69, 9.17) is 11.6 Å². The van der Waals surface area contributed by atoms with E-state index in [9.17, 15) is 0 Å². The quantitative estimate of drug-likeness (QED) is 0.592. The number of aromatic nitrogens is 5. The molecule has 4 rings (SSSR count). The highest BCUT2D eigenvalue weighted by Crippen LogP contribution is 2.24. The van der Waals surface area contributed by atoms with Crippen molar-refractivity contribution in [3.63, 3.8) is 0 Å². The molecule has 0 bridgehead atoms. The Morgan fingerprint density at radius 3 is 3.00 bits per heavy atom. The van der Waals surface area contributed by atoms with E-state index in [0.717, 1.165) is 27.4 Å². The Morgan fingerprint density at radius 2 is 2.22 bits per heavy atom. The van der Waals surface area contributed by atoms with E-state index in [1.807, 2.05) is 42.9 Å². The molecule has 116 valence electrons. The van der Waals surface area contributed by atoms with Crippen molar-refractivity contribution in [1.29, 1.82) is 0 Å². The molecule has 0 saturated heterocycles. The molecule has 0 aliphatic carbocycles. The maximum atomic E-state index is 6.13. The van der Waals surface area contributed by atoms with E-state index >= 15 is 0 Å². The first-order chi connectivity index (χ1) is 11.2. The van der Waals surface area contributed by atoms with Gasteiger partial charge in [-0.15, -0.1) is 11.3 Å². The fraction of sp³-hybridized carbons (Fsp3) is 0.133. The van der Waals surface area contributed by atoms with Gasteiger partial charge in [0.25, 0.3) is 0 Å². The number of hydrogen-bond acceptors (Lipinski definition) is 5. The fourth-order valence-corrected chi connectivity index (χ4v) is 3.29.